The van der Waals surface area contributed by atoms with E-state index in [1.54, 1.807) is 11.8 Å². The van der Waals surface area contributed by atoms with Crippen molar-refractivity contribution in [3.63, 3.8) is 0 Å². The lowest BCUT2D eigenvalue weighted by atomic mass is 10.0. The van der Waals surface area contributed by atoms with Gasteiger partial charge in [-0.25, -0.2) is 9.07 Å². The fourth-order valence-corrected chi connectivity index (χ4v) is 2.58. The Kier molecular flexibility index (Phi) is 5.71. The quantitative estimate of drug-likeness (QED) is 0.452. The molecule has 27 heavy (non-hydrogen) atoms. The molecule has 138 valence electrons. The fourth-order valence-electron chi connectivity index (χ4n) is 2.58. The molecule has 3 rings (SSSR count). The average molecular weight is 367 g/mol. The number of nitrogens with zero attached hydrogens (tertiary/aromatic N) is 3. The zero-order valence-electron chi connectivity index (χ0n) is 14.8. The molecule has 0 amide bonds. The predicted octanol–water partition coefficient (Wildman–Crippen LogP) is 2.86. The molecule has 0 N–H and O–H groups in total. The molecule has 0 aliphatic carbocycles. The Morgan fingerprint density at radius 3 is 2.37 bits per heavy atom. The van der Waals surface area contributed by atoms with E-state index >= 15 is 0 Å². The van der Waals surface area contributed by atoms with Crippen molar-refractivity contribution in [1.29, 1.82) is 0 Å². The summed E-state index contributed by atoms with van der Waals surface area (Å²) in [6, 6.07) is 13.1. The standard InChI is InChI=1S/C20H18FN3O3/c1-27-18-8-4-15(5-9-18)12-24-13-19(22-23-24)20(26)11-17(25)10-14-2-6-16(21)7-3-14/h2-9,13H,10-12H2,1H3. The Hall–Kier alpha value is -3.35. The molecule has 0 bridgehead atoms. The van der Waals surface area contributed by atoms with Crippen molar-refractivity contribution in [3.05, 3.63) is 77.4 Å². The number of methoxy groups -OCH3 is 1. The Labute approximate surface area is 155 Å². The second-order valence-electron chi connectivity index (χ2n) is 6.09. The van der Waals surface area contributed by atoms with Gasteiger partial charge in [0.2, 0.25) is 0 Å². The molecule has 6 nitrogen and oxygen atoms in total. The molecule has 3 aromatic rings. The molecule has 0 saturated carbocycles. The lowest BCUT2D eigenvalue weighted by Gasteiger charge is -2.03. The molecule has 2 aromatic carbocycles. The highest BCUT2D eigenvalue weighted by atomic mass is 19.1. The zero-order valence-corrected chi connectivity index (χ0v) is 14.8. The van der Waals surface area contributed by atoms with E-state index in [2.05, 4.69) is 10.3 Å². The van der Waals surface area contributed by atoms with E-state index in [0.717, 1.165) is 11.3 Å². The van der Waals surface area contributed by atoms with E-state index in [1.807, 2.05) is 24.3 Å². The van der Waals surface area contributed by atoms with Crippen LogP contribution in [0.5, 0.6) is 5.75 Å². The predicted molar refractivity (Wildman–Crippen MR) is 96.2 cm³/mol. The summed E-state index contributed by atoms with van der Waals surface area (Å²) in [5.41, 5.74) is 1.79. The third kappa shape index (κ3) is 5.07. The number of benzene rings is 2. The minimum atomic E-state index is -0.386. The van der Waals surface area contributed by atoms with E-state index in [0.29, 0.717) is 12.1 Å². The average Bonchev–Trinajstić information content (AvgIpc) is 3.13. The van der Waals surface area contributed by atoms with Crippen LogP contribution in [0, 0.1) is 5.82 Å². The topological polar surface area (TPSA) is 74.1 Å². The van der Waals surface area contributed by atoms with Crippen molar-refractivity contribution in [2.75, 3.05) is 7.11 Å². The van der Waals surface area contributed by atoms with Crippen LogP contribution in [-0.4, -0.2) is 33.7 Å². The maximum atomic E-state index is 12.9. The van der Waals surface area contributed by atoms with Crippen molar-refractivity contribution in [3.8, 4) is 5.75 Å². The fraction of sp³-hybridized carbons (Fsp3) is 0.200. The van der Waals surface area contributed by atoms with E-state index < -0.39 is 0 Å². The molecular weight excluding hydrogens is 349 g/mol. The second-order valence-corrected chi connectivity index (χ2v) is 6.09. The first-order valence-electron chi connectivity index (χ1n) is 8.36. The number of rotatable bonds is 8. The van der Waals surface area contributed by atoms with Crippen LogP contribution < -0.4 is 4.74 Å². The molecule has 0 unspecified atom stereocenters. The molecular formula is C20H18FN3O3. The van der Waals surface area contributed by atoms with Gasteiger partial charge in [0.25, 0.3) is 0 Å². The molecule has 7 heteroatoms. The molecule has 1 aromatic heterocycles. The SMILES string of the molecule is COc1ccc(Cn2cc(C(=O)CC(=O)Cc3ccc(F)cc3)nn2)cc1. The Morgan fingerprint density at radius 2 is 1.70 bits per heavy atom. The minimum absolute atomic E-state index is 0.0754. The highest BCUT2D eigenvalue weighted by molar-refractivity contribution is 6.07. The van der Waals surface area contributed by atoms with Crippen LogP contribution in [0.25, 0.3) is 0 Å². The largest absolute Gasteiger partial charge is 0.497 e. The van der Waals surface area contributed by atoms with Gasteiger partial charge in [-0.05, 0) is 35.4 Å². The van der Waals surface area contributed by atoms with Crippen LogP contribution in [0.1, 0.15) is 28.0 Å². The van der Waals surface area contributed by atoms with Crippen molar-refractivity contribution < 1.29 is 18.7 Å². The number of carbonyl (C=O) groups excluding carboxylic acids is 2. The maximum absolute atomic E-state index is 12.9. The molecule has 0 aliphatic heterocycles. The highest BCUT2D eigenvalue weighted by Gasteiger charge is 2.16. The van der Waals surface area contributed by atoms with Gasteiger partial charge in [0.1, 0.15) is 23.0 Å². The molecule has 0 atom stereocenters. The molecule has 0 spiro atoms. The van der Waals surface area contributed by atoms with Gasteiger partial charge in [0.15, 0.2) is 5.78 Å². The van der Waals surface area contributed by atoms with Crippen LogP contribution in [0.4, 0.5) is 4.39 Å². The highest BCUT2D eigenvalue weighted by Crippen LogP contribution is 2.12. The number of Topliss-reactive ketones (excluding diaryl/α,β-unsaturated/α-hetero) is 2. The third-order valence-electron chi connectivity index (χ3n) is 4.00. The number of ketones is 2. The summed E-state index contributed by atoms with van der Waals surface area (Å²) in [4.78, 5) is 24.3. The number of hydrogen-bond acceptors (Lipinski definition) is 5. The van der Waals surface area contributed by atoms with E-state index in [9.17, 15) is 14.0 Å². The number of carbonyl (C=O) groups is 2. The summed E-state index contributed by atoms with van der Waals surface area (Å²) in [5.74, 6) is -0.247. The zero-order chi connectivity index (χ0) is 19.2. The molecule has 1 heterocycles. The van der Waals surface area contributed by atoms with Crippen LogP contribution in [0.15, 0.2) is 54.7 Å². The van der Waals surface area contributed by atoms with Gasteiger partial charge in [-0.2, -0.15) is 0 Å². The summed E-state index contributed by atoms with van der Waals surface area (Å²) < 4.78 is 19.5. The first-order valence-corrected chi connectivity index (χ1v) is 8.36. The smallest absolute Gasteiger partial charge is 0.192 e. The lowest BCUT2D eigenvalue weighted by molar-refractivity contribution is -0.117. The van der Waals surface area contributed by atoms with Gasteiger partial charge in [-0.3, -0.25) is 9.59 Å². The van der Waals surface area contributed by atoms with Crippen molar-refractivity contribution in [2.24, 2.45) is 0 Å². The summed E-state index contributed by atoms with van der Waals surface area (Å²) in [6.07, 6.45) is 1.34. The van der Waals surface area contributed by atoms with Crippen LogP contribution in [-0.2, 0) is 17.8 Å². The first kappa shape index (κ1) is 18.4. The van der Waals surface area contributed by atoms with E-state index in [4.69, 9.17) is 4.74 Å². The molecule has 0 aliphatic rings. The number of aromatic nitrogens is 3. The van der Waals surface area contributed by atoms with Gasteiger partial charge in [-0.1, -0.05) is 29.5 Å². The van der Waals surface area contributed by atoms with Crippen molar-refractivity contribution in [1.82, 2.24) is 15.0 Å². The lowest BCUT2D eigenvalue weighted by Crippen LogP contribution is -2.11. The Balaban J connectivity index is 1.57. The first-order chi connectivity index (χ1) is 13.0. The van der Waals surface area contributed by atoms with Crippen molar-refractivity contribution >= 4 is 11.6 Å². The van der Waals surface area contributed by atoms with Gasteiger partial charge < -0.3 is 4.74 Å². The number of hydrogen-bond donors (Lipinski definition) is 0. The molecule has 0 fully saturated rings. The monoisotopic (exact) mass is 367 g/mol. The van der Waals surface area contributed by atoms with Crippen LogP contribution >= 0.6 is 0 Å². The Morgan fingerprint density at radius 1 is 1.04 bits per heavy atom. The molecule has 0 saturated heterocycles. The summed E-state index contributed by atoms with van der Waals surface area (Å²) >= 11 is 0. The Bertz CT molecular complexity index is 934. The van der Waals surface area contributed by atoms with Gasteiger partial charge in [0.05, 0.1) is 26.3 Å². The van der Waals surface area contributed by atoms with Gasteiger partial charge in [-0.15, -0.1) is 5.10 Å². The third-order valence-corrected chi connectivity index (χ3v) is 4.00. The summed E-state index contributed by atoms with van der Waals surface area (Å²) in [6.45, 7) is 0.452. The van der Waals surface area contributed by atoms with Crippen LogP contribution in [0.2, 0.25) is 0 Å². The number of ether oxygens (including phenoxy) is 1. The number of halogens is 1. The van der Waals surface area contributed by atoms with E-state index in [1.165, 1.54) is 30.5 Å². The summed E-state index contributed by atoms with van der Waals surface area (Å²) in [7, 11) is 1.60. The van der Waals surface area contributed by atoms with E-state index in [-0.39, 0.29) is 35.9 Å². The van der Waals surface area contributed by atoms with Crippen LogP contribution in [0.3, 0.4) is 0 Å². The second kappa shape index (κ2) is 8.35. The van der Waals surface area contributed by atoms with Crippen molar-refractivity contribution in [2.45, 2.75) is 19.4 Å². The summed E-state index contributed by atoms with van der Waals surface area (Å²) in [5, 5.41) is 7.79. The van der Waals surface area contributed by atoms with Gasteiger partial charge >= 0.3 is 0 Å². The maximum Gasteiger partial charge on any atom is 0.192 e. The molecule has 0 radical (unpaired) electrons. The minimum Gasteiger partial charge on any atom is -0.497 e. The normalized spacial score (nSPS) is 10.6. The van der Waals surface area contributed by atoms with Gasteiger partial charge in [0, 0.05) is 6.42 Å².